The minimum atomic E-state index is -0.780. The predicted molar refractivity (Wildman–Crippen MR) is 78.5 cm³/mol. The largest absolute Gasteiger partial charge is 0.433 e. The molecule has 0 saturated carbocycles. The summed E-state index contributed by atoms with van der Waals surface area (Å²) in [5.74, 6) is -2.93. The van der Waals surface area contributed by atoms with Crippen LogP contribution in [0.1, 0.15) is 10.6 Å². The van der Waals surface area contributed by atoms with Crippen molar-refractivity contribution >= 4 is 29.1 Å². The first-order chi connectivity index (χ1) is 10.9. The van der Waals surface area contributed by atoms with Gasteiger partial charge in [0.2, 0.25) is 5.91 Å². The van der Waals surface area contributed by atoms with Crippen molar-refractivity contribution in [2.24, 2.45) is 0 Å². The van der Waals surface area contributed by atoms with Crippen LogP contribution in [-0.2, 0) is 4.79 Å². The Kier molecular flexibility index (Phi) is 4.50. The average molecular weight is 319 g/mol. The molecule has 2 aromatic rings. The molecule has 2 amide bonds. The van der Waals surface area contributed by atoms with Crippen LogP contribution in [0.25, 0.3) is 0 Å². The van der Waals surface area contributed by atoms with Crippen LogP contribution in [0.15, 0.2) is 47.4 Å². The molecule has 118 valence electrons. The molecule has 0 unspecified atom stereocenters. The number of carbonyl (C=O) groups excluding carboxylic acids is 2. The second-order valence-corrected chi connectivity index (χ2v) is 4.24. The Morgan fingerprint density at radius 2 is 2.00 bits per heavy atom. The first kappa shape index (κ1) is 15.9. The lowest BCUT2D eigenvalue weighted by Gasteiger charge is -2.08. The maximum Gasteiger partial charge on any atom is 0.433 e. The van der Waals surface area contributed by atoms with E-state index in [0.29, 0.717) is 0 Å². The number of nitro groups is 1. The molecule has 0 aliphatic rings. The molecule has 1 heterocycles. The van der Waals surface area contributed by atoms with Crippen molar-refractivity contribution in [2.75, 3.05) is 10.6 Å². The summed E-state index contributed by atoms with van der Waals surface area (Å²) in [7, 11) is 0. The van der Waals surface area contributed by atoms with Crippen molar-refractivity contribution < 1.29 is 23.3 Å². The molecule has 0 fully saturated rings. The Morgan fingerprint density at radius 1 is 1.26 bits per heavy atom. The molecule has 2 N–H and O–H groups in total. The molecule has 0 spiro atoms. The average Bonchev–Trinajstić information content (AvgIpc) is 3.00. The summed E-state index contributed by atoms with van der Waals surface area (Å²) in [6.07, 6.45) is 0.965. The topological polar surface area (TPSA) is 114 Å². The van der Waals surface area contributed by atoms with E-state index in [9.17, 15) is 24.1 Å². The van der Waals surface area contributed by atoms with Gasteiger partial charge in [-0.05, 0) is 30.3 Å². The third-order valence-corrected chi connectivity index (χ3v) is 2.66. The van der Waals surface area contributed by atoms with E-state index in [1.54, 1.807) is 0 Å². The van der Waals surface area contributed by atoms with E-state index in [-0.39, 0.29) is 17.1 Å². The van der Waals surface area contributed by atoms with Crippen LogP contribution >= 0.6 is 0 Å². The SMILES string of the molecule is C=CC(=O)Nc1cc(NC(=O)c2ccc([N+](=O)[O-])o2)ccc1F. The summed E-state index contributed by atoms with van der Waals surface area (Å²) in [5.41, 5.74) is 0.00735. The molecule has 1 aromatic carbocycles. The van der Waals surface area contributed by atoms with Gasteiger partial charge in [0.1, 0.15) is 10.7 Å². The summed E-state index contributed by atoms with van der Waals surface area (Å²) < 4.78 is 18.3. The van der Waals surface area contributed by atoms with Crippen LogP contribution in [-0.4, -0.2) is 16.7 Å². The molecule has 0 aliphatic carbocycles. The van der Waals surface area contributed by atoms with Crippen molar-refractivity contribution in [1.82, 2.24) is 0 Å². The second kappa shape index (κ2) is 6.52. The van der Waals surface area contributed by atoms with Gasteiger partial charge in [0.15, 0.2) is 5.76 Å². The zero-order valence-corrected chi connectivity index (χ0v) is 11.5. The zero-order chi connectivity index (χ0) is 17.0. The number of hydrogen-bond acceptors (Lipinski definition) is 5. The summed E-state index contributed by atoms with van der Waals surface area (Å²) in [4.78, 5) is 32.8. The van der Waals surface area contributed by atoms with Crippen LogP contribution < -0.4 is 10.6 Å². The van der Waals surface area contributed by atoms with Gasteiger partial charge in [-0.3, -0.25) is 19.7 Å². The molecule has 2 rings (SSSR count). The number of rotatable bonds is 5. The molecular weight excluding hydrogens is 309 g/mol. The van der Waals surface area contributed by atoms with Crippen molar-refractivity contribution in [3.05, 3.63) is 64.7 Å². The van der Waals surface area contributed by atoms with Gasteiger partial charge in [-0.25, -0.2) is 4.39 Å². The number of amides is 2. The van der Waals surface area contributed by atoms with E-state index in [0.717, 1.165) is 24.3 Å². The molecule has 0 radical (unpaired) electrons. The molecule has 0 saturated heterocycles. The van der Waals surface area contributed by atoms with E-state index in [2.05, 4.69) is 17.2 Å². The smallest absolute Gasteiger partial charge is 0.395 e. The fraction of sp³-hybridized carbons (Fsp3) is 0. The number of anilines is 2. The summed E-state index contributed by atoms with van der Waals surface area (Å²) in [5, 5.41) is 15.1. The molecule has 23 heavy (non-hydrogen) atoms. The van der Waals surface area contributed by atoms with E-state index in [1.165, 1.54) is 12.1 Å². The van der Waals surface area contributed by atoms with Gasteiger partial charge in [-0.1, -0.05) is 6.58 Å². The first-order valence-corrected chi connectivity index (χ1v) is 6.19. The number of benzene rings is 1. The number of halogens is 1. The lowest BCUT2D eigenvalue weighted by atomic mass is 10.2. The Morgan fingerprint density at radius 3 is 2.61 bits per heavy atom. The number of nitrogens with zero attached hydrogens (tertiary/aromatic N) is 1. The molecular formula is C14H10FN3O5. The summed E-state index contributed by atoms with van der Waals surface area (Å²) in [6, 6.07) is 5.66. The van der Waals surface area contributed by atoms with E-state index in [1.807, 2.05) is 0 Å². The third-order valence-electron chi connectivity index (χ3n) is 2.66. The Bertz CT molecular complexity index is 799. The van der Waals surface area contributed by atoms with E-state index < -0.39 is 28.4 Å². The highest BCUT2D eigenvalue weighted by Gasteiger charge is 2.17. The van der Waals surface area contributed by atoms with Gasteiger partial charge in [0, 0.05) is 5.69 Å². The van der Waals surface area contributed by atoms with Crippen molar-refractivity contribution in [3.8, 4) is 0 Å². The van der Waals surface area contributed by atoms with Gasteiger partial charge in [-0.15, -0.1) is 0 Å². The molecule has 0 bridgehead atoms. The summed E-state index contributed by atoms with van der Waals surface area (Å²) in [6.45, 7) is 3.24. The fourth-order valence-corrected chi connectivity index (χ4v) is 1.62. The maximum atomic E-state index is 13.6. The number of hydrogen-bond donors (Lipinski definition) is 2. The minimum Gasteiger partial charge on any atom is -0.395 e. The van der Waals surface area contributed by atoms with Gasteiger partial charge >= 0.3 is 5.88 Å². The maximum absolute atomic E-state index is 13.6. The number of nitrogens with one attached hydrogen (secondary N) is 2. The van der Waals surface area contributed by atoms with Gasteiger partial charge in [0.25, 0.3) is 5.91 Å². The standard InChI is InChI=1S/C14H10FN3O5/c1-2-12(19)17-10-7-8(3-4-9(10)15)16-14(20)11-5-6-13(23-11)18(21)22/h2-7H,1H2,(H,16,20)(H,17,19). The van der Waals surface area contributed by atoms with Crippen molar-refractivity contribution in [3.63, 3.8) is 0 Å². The van der Waals surface area contributed by atoms with E-state index >= 15 is 0 Å². The van der Waals surface area contributed by atoms with Gasteiger partial charge in [0.05, 0.1) is 11.8 Å². The zero-order valence-electron chi connectivity index (χ0n) is 11.5. The van der Waals surface area contributed by atoms with Crippen molar-refractivity contribution in [2.45, 2.75) is 0 Å². The Labute approximate surface area is 128 Å². The molecule has 0 atom stereocenters. The van der Waals surface area contributed by atoms with Crippen molar-refractivity contribution in [1.29, 1.82) is 0 Å². The normalized spacial score (nSPS) is 9.96. The van der Waals surface area contributed by atoms with Crippen LogP contribution in [0.3, 0.4) is 0 Å². The Balaban J connectivity index is 2.17. The quantitative estimate of drug-likeness (QED) is 0.499. The lowest BCUT2D eigenvalue weighted by molar-refractivity contribution is -0.402. The van der Waals surface area contributed by atoms with Crippen LogP contribution in [0.5, 0.6) is 0 Å². The van der Waals surface area contributed by atoms with Crippen LogP contribution in [0, 0.1) is 15.9 Å². The van der Waals surface area contributed by atoms with Crippen LogP contribution in [0.4, 0.5) is 21.6 Å². The van der Waals surface area contributed by atoms with Gasteiger partial charge < -0.3 is 15.1 Å². The minimum absolute atomic E-state index is 0.155. The molecule has 9 heteroatoms. The van der Waals surface area contributed by atoms with Gasteiger partial charge in [-0.2, -0.15) is 0 Å². The Hall–Kier alpha value is -3.49. The highest BCUT2D eigenvalue weighted by molar-refractivity contribution is 6.03. The van der Waals surface area contributed by atoms with E-state index in [4.69, 9.17) is 4.42 Å². The molecule has 8 nitrogen and oxygen atoms in total. The monoisotopic (exact) mass is 319 g/mol. The number of carbonyl (C=O) groups is 2. The molecule has 1 aromatic heterocycles. The summed E-state index contributed by atoms with van der Waals surface area (Å²) >= 11 is 0. The second-order valence-electron chi connectivity index (χ2n) is 4.24. The highest BCUT2D eigenvalue weighted by Crippen LogP contribution is 2.21. The lowest BCUT2D eigenvalue weighted by Crippen LogP contribution is -2.13. The third kappa shape index (κ3) is 3.79. The highest BCUT2D eigenvalue weighted by atomic mass is 19.1. The first-order valence-electron chi connectivity index (χ1n) is 6.19. The number of furan rings is 1. The predicted octanol–water partition coefficient (Wildman–Crippen LogP) is 2.70. The van der Waals surface area contributed by atoms with Crippen LogP contribution in [0.2, 0.25) is 0 Å². The fourth-order valence-electron chi connectivity index (χ4n) is 1.62. The molecule has 0 aliphatic heterocycles.